The maximum Gasteiger partial charge on any atom is 0.335 e. The molecule has 2 aromatic carbocycles. The molecule has 0 aliphatic rings. The van der Waals surface area contributed by atoms with Gasteiger partial charge in [0.15, 0.2) is 5.13 Å². The predicted octanol–water partition coefficient (Wildman–Crippen LogP) is 4.68. The van der Waals surface area contributed by atoms with Crippen molar-refractivity contribution in [2.24, 2.45) is 0 Å². The average Bonchev–Trinajstić information content (AvgIpc) is 3.42. The number of aliphatic hydroxyl groups excluding tert-OH is 2. The van der Waals surface area contributed by atoms with E-state index in [-0.39, 0.29) is 29.2 Å². The Hall–Kier alpha value is -4.66. The first-order chi connectivity index (χ1) is 19.3. The van der Waals surface area contributed by atoms with Crippen molar-refractivity contribution >= 4 is 51.4 Å². The van der Waals surface area contributed by atoms with Gasteiger partial charge in [0.25, 0.3) is 0 Å². The Kier molecular flexibility index (Phi) is 9.16. The van der Waals surface area contributed by atoms with Crippen molar-refractivity contribution in [3.05, 3.63) is 82.1 Å². The molecule has 0 spiro atoms. The lowest BCUT2D eigenvalue weighted by atomic mass is 10.00. The third-order valence-electron chi connectivity index (χ3n) is 5.48. The van der Waals surface area contributed by atoms with Crippen molar-refractivity contribution in [2.75, 3.05) is 24.3 Å². The minimum atomic E-state index is -1.01. The zero-order chi connectivity index (χ0) is 28.6. The third-order valence-corrected chi connectivity index (χ3v) is 7.29. The Bertz CT molecular complexity index is 1590. The van der Waals surface area contributed by atoms with E-state index in [1.165, 1.54) is 35.2 Å². The molecule has 4 aromatic rings. The number of carbonyl (C=O) groups is 1. The minimum absolute atomic E-state index is 0.00309. The number of pyridine rings is 1. The molecule has 40 heavy (non-hydrogen) atoms. The number of thioether (sulfide) groups is 1. The number of carboxylic acids is 1. The standard InChI is InChI=1S/C27H22N6O5S2/c1-30-23-22(15-4-8-20(9-5-15)38-12-19(35)11-34)21(10-28)25(33-24(23)29)39-13-18-14-40-27(32-18)31-17-6-2-16(3-7-17)26(36)37/h2-9,14,19,34-35H,11-13H2,(H2,29,33)(H,31,32)(H,36,37). The van der Waals surface area contributed by atoms with Gasteiger partial charge in [0.05, 0.1) is 30.0 Å². The lowest BCUT2D eigenvalue weighted by molar-refractivity contribution is 0.0536. The molecule has 4 rings (SSSR count). The van der Waals surface area contributed by atoms with Crippen molar-refractivity contribution in [3.8, 4) is 22.9 Å². The van der Waals surface area contributed by atoms with Crippen LogP contribution < -0.4 is 15.8 Å². The number of carboxylic acid groups (broad SMARTS) is 1. The third kappa shape index (κ3) is 6.66. The molecule has 1 unspecified atom stereocenters. The molecule has 0 bridgehead atoms. The lowest BCUT2D eigenvalue weighted by Gasteiger charge is -2.14. The number of nitriles is 1. The number of nitrogens with two attached hydrogens (primary N) is 1. The summed E-state index contributed by atoms with van der Waals surface area (Å²) in [6.45, 7) is 7.12. The Morgan fingerprint density at radius 2 is 1.95 bits per heavy atom. The van der Waals surface area contributed by atoms with Gasteiger partial charge in [-0.1, -0.05) is 23.9 Å². The van der Waals surface area contributed by atoms with Gasteiger partial charge in [-0.25, -0.2) is 19.6 Å². The summed E-state index contributed by atoms with van der Waals surface area (Å²) in [7, 11) is 0. The number of hydrogen-bond donors (Lipinski definition) is 5. The van der Waals surface area contributed by atoms with Gasteiger partial charge in [-0.2, -0.15) is 5.26 Å². The van der Waals surface area contributed by atoms with Gasteiger partial charge in [0.2, 0.25) is 5.69 Å². The quantitative estimate of drug-likeness (QED) is 0.124. The van der Waals surface area contributed by atoms with Crippen molar-refractivity contribution in [3.63, 3.8) is 0 Å². The summed E-state index contributed by atoms with van der Waals surface area (Å²) in [6.07, 6.45) is -1.01. The molecule has 0 saturated carbocycles. The van der Waals surface area contributed by atoms with Crippen molar-refractivity contribution in [1.29, 1.82) is 5.26 Å². The van der Waals surface area contributed by atoms with Gasteiger partial charge in [-0.15, -0.1) is 11.3 Å². The number of aromatic carboxylic acids is 1. The van der Waals surface area contributed by atoms with Crippen LogP contribution in [0, 0.1) is 17.9 Å². The molecule has 0 fully saturated rings. The summed E-state index contributed by atoms with van der Waals surface area (Å²) in [5.74, 6) is -0.168. The number of aliphatic hydroxyl groups is 2. The van der Waals surface area contributed by atoms with Crippen LogP contribution in [-0.4, -0.2) is 50.6 Å². The molecule has 2 aromatic heterocycles. The SMILES string of the molecule is [C-]#[N+]c1c(N)nc(SCc2csc(Nc3ccc(C(=O)O)cc3)n2)c(C#N)c1-c1ccc(OCC(O)CO)cc1. The van der Waals surface area contributed by atoms with Gasteiger partial charge < -0.3 is 31.1 Å². The minimum Gasteiger partial charge on any atom is -0.491 e. The highest BCUT2D eigenvalue weighted by Crippen LogP contribution is 2.42. The summed E-state index contributed by atoms with van der Waals surface area (Å²) in [5.41, 5.74) is 8.95. The first-order valence-corrected chi connectivity index (χ1v) is 13.5. The number of thiazole rings is 1. The number of aromatic nitrogens is 2. The lowest BCUT2D eigenvalue weighted by Crippen LogP contribution is -2.21. The largest absolute Gasteiger partial charge is 0.491 e. The van der Waals surface area contributed by atoms with Crippen LogP contribution in [0.25, 0.3) is 16.0 Å². The van der Waals surface area contributed by atoms with Crippen LogP contribution in [0.4, 0.5) is 22.3 Å². The summed E-state index contributed by atoms with van der Waals surface area (Å²) in [6, 6.07) is 15.1. The summed E-state index contributed by atoms with van der Waals surface area (Å²) in [4.78, 5) is 23.4. The average molecular weight is 575 g/mol. The predicted molar refractivity (Wildman–Crippen MR) is 152 cm³/mol. The Balaban J connectivity index is 1.53. The Morgan fingerprint density at radius 1 is 1.23 bits per heavy atom. The fourth-order valence-electron chi connectivity index (χ4n) is 3.53. The maximum absolute atomic E-state index is 11.0. The molecular weight excluding hydrogens is 552 g/mol. The number of nitrogens with zero attached hydrogens (tertiary/aromatic N) is 4. The molecular formula is C27H22N6O5S2. The molecule has 0 aliphatic carbocycles. The highest BCUT2D eigenvalue weighted by atomic mass is 32.2. The zero-order valence-electron chi connectivity index (χ0n) is 20.7. The van der Waals surface area contributed by atoms with Crippen LogP contribution in [0.15, 0.2) is 58.9 Å². The fourth-order valence-corrected chi connectivity index (χ4v) is 5.25. The molecule has 13 heteroatoms. The number of nitrogen functional groups attached to an aromatic ring is 1. The Labute approximate surface area is 237 Å². The van der Waals surface area contributed by atoms with Crippen molar-refractivity contribution in [2.45, 2.75) is 16.9 Å². The molecule has 11 nitrogen and oxygen atoms in total. The Morgan fingerprint density at radius 3 is 2.58 bits per heavy atom. The molecule has 0 saturated heterocycles. The number of hydrogen-bond acceptors (Lipinski definition) is 11. The second kappa shape index (κ2) is 12.9. The van der Waals surface area contributed by atoms with Crippen LogP contribution in [0.2, 0.25) is 0 Å². The van der Waals surface area contributed by atoms with E-state index in [0.29, 0.717) is 38.5 Å². The zero-order valence-corrected chi connectivity index (χ0v) is 22.4. The van der Waals surface area contributed by atoms with E-state index in [1.54, 1.807) is 36.4 Å². The monoisotopic (exact) mass is 574 g/mol. The van der Waals surface area contributed by atoms with Gasteiger partial charge in [0, 0.05) is 22.4 Å². The molecule has 6 N–H and O–H groups in total. The molecule has 202 valence electrons. The first kappa shape index (κ1) is 28.4. The molecule has 0 aliphatic heterocycles. The number of nitrogens with one attached hydrogen (secondary N) is 1. The fraction of sp³-hybridized carbons (Fsp3) is 0.148. The molecule has 0 amide bonds. The second-order valence-electron chi connectivity index (χ2n) is 8.24. The molecule has 2 heterocycles. The van der Waals surface area contributed by atoms with E-state index < -0.39 is 18.7 Å². The number of anilines is 3. The summed E-state index contributed by atoms with van der Waals surface area (Å²) >= 11 is 2.64. The second-order valence-corrected chi connectivity index (χ2v) is 10.1. The summed E-state index contributed by atoms with van der Waals surface area (Å²) in [5, 5.41) is 43.5. The van der Waals surface area contributed by atoms with Crippen molar-refractivity contribution < 1.29 is 24.9 Å². The van der Waals surface area contributed by atoms with E-state index in [2.05, 4.69) is 26.2 Å². The van der Waals surface area contributed by atoms with Gasteiger partial charge in [-0.3, -0.25) is 0 Å². The van der Waals surface area contributed by atoms with Gasteiger partial charge >= 0.3 is 5.97 Å². The number of ether oxygens (including phenoxy) is 1. The van der Waals surface area contributed by atoms with E-state index in [1.807, 2.05) is 5.38 Å². The van der Waals surface area contributed by atoms with Crippen LogP contribution in [0.3, 0.4) is 0 Å². The number of benzene rings is 2. The maximum atomic E-state index is 11.0. The van der Waals surface area contributed by atoms with Crippen LogP contribution in [0.1, 0.15) is 21.6 Å². The first-order valence-electron chi connectivity index (χ1n) is 11.6. The van der Waals surface area contributed by atoms with Gasteiger partial charge in [0.1, 0.15) is 35.4 Å². The van der Waals surface area contributed by atoms with E-state index in [0.717, 1.165) is 5.69 Å². The topological polar surface area (TPSA) is 179 Å². The molecule has 1 atom stereocenters. The van der Waals surface area contributed by atoms with Crippen LogP contribution in [0.5, 0.6) is 5.75 Å². The highest BCUT2D eigenvalue weighted by Gasteiger charge is 2.21. The number of rotatable bonds is 11. The highest BCUT2D eigenvalue weighted by molar-refractivity contribution is 7.98. The normalized spacial score (nSPS) is 11.3. The van der Waals surface area contributed by atoms with Crippen molar-refractivity contribution in [1.82, 2.24) is 9.97 Å². The molecule has 0 radical (unpaired) electrons. The van der Waals surface area contributed by atoms with E-state index >= 15 is 0 Å². The van der Waals surface area contributed by atoms with Gasteiger partial charge in [-0.05, 0) is 42.0 Å². The van der Waals surface area contributed by atoms with Crippen LogP contribution >= 0.6 is 23.1 Å². The van der Waals surface area contributed by atoms with E-state index in [9.17, 15) is 15.2 Å². The smallest absolute Gasteiger partial charge is 0.335 e. The van der Waals surface area contributed by atoms with E-state index in [4.69, 9.17) is 27.3 Å². The summed E-state index contributed by atoms with van der Waals surface area (Å²) < 4.78 is 5.44. The van der Waals surface area contributed by atoms with Crippen LogP contribution in [-0.2, 0) is 5.75 Å².